The molecule has 0 saturated heterocycles. The molecule has 1 amide bonds. The molecule has 0 spiro atoms. The molecule has 22 heavy (non-hydrogen) atoms. The van der Waals surface area contributed by atoms with Crippen LogP contribution in [0, 0.1) is 0 Å². The van der Waals surface area contributed by atoms with Crippen LogP contribution in [0.3, 0.4) is 0 Å². The number of amides is 1. The molecular formula is C15H14N6O. The molecule has 0 aliphatic heterocycles. The highest BCUT2D eigenvalue weighted by Crippen LogP contribution is 2.18. The van der Waals surface area contributed by atoms with E-state index in [1.807, 2.05) is 19.1 Å². The highest BCUT2D eigenvalue weighted by atomic mass is 16.1. The Hall–Kier alpha value is -3.09. The maximum atomic E-state index is 12.3. The largest absolute Gasteiger partial charge is 0.307 e. The summed E-state index contributed by atoms with van der Waals surface area (Å²) in [6.07, 6.45) is 1.63. The molecule has 0 aliphatic carbocycles. The molecule has 7 heteroatoms. The third-order valence-electron chi connectivity index (χ3n) is 3.12. The van der Waals surface area contributed by atoms with Gasteiger partial charge in [0.25, 0.3) is 5.91 Å². The number of nitrogens with one attached hydrogen (secondary N) is 1. The lowest BCUT2D eigenvalue weighted by atomic mass is 10.1. The Kier molecular flexibility index (Phi) is 3.86. The Morgan fingerprint density at radius 3 is 2.91 bits per heavy atom. The predicted octanol–water partition coefficient (Wildman–Crippen LogP) is 2.01. The highest BCUT2D eigenvalue weighted by Gasteiger charge is 2.11. The minimum atomic E-state index is -0.226. The molecule has 3 aromatic rings. The van der Waals surface area contributed by atoms with Crippen molar-refractivity contribution in [2.24, 2.45) is 0 Å². The van der Waals surface area contributed by atoms with E-state index in [1.165, 1.54) is 0 Å². The first-order valence-corrected chi connectivity index (χ1v) is 6.87. The monoisotopic (exact) mass is 294 g/mol. The highest BCUT2D eigenvalue weighted by molar-refractivity contribution is 6.04. The standard InChI is InChI=1S/C15H14N6O/c1-2-21-14(18-19-20-21)11-6-5-7-12(10-11)15(22)17-13-8-3-4-9-16-13/h3-10H,2H2,1H3,(H,16,17,22). The fraction of sp³-hybridized carbons (Fsp3) is 0.133. The van der Waals surface area contributed by atoms with E-state index in [9.17, 15) is 4.79 Å². The molecule has 0 unspecified atom stereocenters. The summed E-state index contributed by atoms with van der Waals surface area (Å²) in [5, 5.41) is 14.3. The Bertz CT molecular complexity index is 783. The van der Waals surface area contributed by atoms with Crippen LogP contribution in [0.25, 0.3) is 11.4 Å². The van der Waals surface area contributed by atoms with Crippen molar-refractivity contribution >= 4 is 11.7 Å². The number of anilines is 1. The van der Waals surface area contributed by atoms with E-state index in [1.54, 1.807) is 41.2 Å². The van der Waals surface area contributed by atoms with E-state index in [-0.39, 0.29) is 5.91 Å². The third-order valence-corrected chi connectivity index (χ3v) is 3.12. The second-order valence-electron chi connectivity index (χ2n) is 4.57. The maximum Gasteiger partial charge on any atom is 0.256 e. The van der Waals surface area contributed by atoms with Crippen LogP contribution in [0.1, 0.15) is 17.3 Å². The minimum Gasteiger partial charge on any atom is -0.307 e. The van der Waals surface area contributed by atoms with Crippen LogP contribution >= 0.6 is 0 Å². The summed E-state index contributed by atoms with van der Waals surface area (Å²) in [5.74, 6) is 0.919. The molecule has 0 radical (unpaired) electrons. The molecule has 0 aliphatic rings. The number of tetrazole rings is 1. The van der Waals surface area contributed by atoms with E-state index in [0.29, 0.717) is 23.8 Å². The Balaban J connectivity index is 1.86. The quantitative estimate of drug-likeness (QED) is 0.795. The second-order valence-corrected chi connectivity index (χ2v) is 4.57. The van der Waals surface area contributed by atoms with Gasteiger partial charge in [0.2, 0.25) is 0 Å². The van der Waals surface area contributed by atoms with Crippen molar-refractivity contribution in [2.75, 3.05) is 5.32 Å². The van der Waals surface area contributed by atoms with Crippen LogP contribution in [-0.2, 0) is 6.54 Å². The first-order chi connectivity index (χ1) is 10.8. The van der Waals surface area contributed by atoms with Crippen molar-refractivity contribution < 1.29 is 4.79 Å². The van der Waals surface area contributed by atoms with Gasteiger partial charge in [-0.05, 0) is 41.6 Å². The fourth-order valence-corrected chi connectivity index (χ4v) is 2.05. The average molecular weight is 294 g/mol. The van der Waals surface area contributed by atoms with Gasteiger partial charge < -0.3 is 5.32 Å². The molecule has 0 atom stereocenters. The average Bonchev–Trinajstić information content (AvgIpc) is 3.04. The molecule has 1 N–H and O–H groups in total. The number of aromatic nitrogens is 5. The molecule has 3 rings (SSSR count). The zero-order valence-electron chi connectivity index (χ0n) is 12.0. The van der Waals surface area contributed by atoms with Crippen molar-refractivity contribution in [3.05, 3.63) is 54.2 Å². The molecule has 0 saturated carbocycles. The minimum absolute atomic E-state index is 0.226. The van der Waals surface area contributed by atoms with Gasteiger partial charge in [0.05, 0.1) is 0 Å². The van der Waals surface area contributed by atoms with Crippen LogP contribution < -0.4 is 5.32 Å². The molecule has 110 valence electrons. The smallest absolute Gasteiger partial charge is 0.256 e. The number of hydrogen-bond acceptors (Lipinski definition) is 5. The number of carbonyl (C=O) groups is 1. The number of pyridine rings is 1. The van der Waals surface area contributed by atoms with Crippen molar-refractivity contribution in [1.82, 2.24) is 25.2 Å². The van der Waals surface area contributed by atoms with E-state index in [4.69, 9.17) is 0 Å². The van der Waals surface area contributed by atoms with Crippen LogP contribution in [0.15, 0.2) is 48.7 Å². The number of hydrogen-bond donors (Lipinski definition) is 1. The Morgan fingerprint density at radius 2 is 2.14 bits per heavy atom. The van der Waals surface area contributed by atoms with Crippen LogP contribution in [0.5, 0.6) is 0 Å². The Labute approximate surface area is 127 Å². The van der Waals surface area contributed by atoms with E-state index in [2.05, 4.69) is 25.8 Å². The van der Waals surface area contributed by atoms with E-state index in [0.717, 1.165) is 5.56 Å². The SMILES string of the molecule is CCn1nnnc1-c1cccc(C(=O)Nc2ccccn2)c1. The van der Waals surface area contributed by atoms with Crippen molar-refractivity contribution in [3.63, 3.8) is 0 Å². The fourth-order valence-electron chi connectivity index (χ4n) is 2.05. The Morgan fingerprint density at radius 1 is 1.23 bits per heavy atom. The number of aryl methyl sites for hydroxylation is 1. The first-order valence-electron chi connectivity index (χ1n) is 6.87. The van der Waals surface area contributed by atoms with Gasteiger partial charge in [-0.2, -0.15) is 0 Å². The molecule has 1 aromatic carbocycles. The zero-order valence-corrected chi connectivity index (χ0v) is 12.0. The summed E-state index contributed by atoms with van der Waals surface area (Å²) < 4.78 is 1.68. The van der Waals surface area contributed by atoms with E-state index >= 15 is 0 Å². The summed E-state index contributed by atoms with van der Waals surface area (Å²) in [4.78, 5) is 16.4. The number of nitrogens with zero attached hydrogens (tertiary/aromatic N) is 5. The van der Waals surface area contributed by atoms with Gasteiger partial charge >= 0.3 is 0 Å². The lowest BCUT2D eigenvalue weighted by Crippen LogP contribution is -2.13. The first kappa shape index (κ1) is 13.9. The maximum absolute atomic E-state index is 12.3. The lowest BCUT2D eigenvalue weighted by molar-refractivity contribution is 0.102. The van der Waals surface area contributed by atoms with Crippen molar-refractivity contribution in [1.29, 1.82) is 0 Å². The predicted molar refractivity (Wildman–Crippen MR) is 81.1 cm³/mol. The summed E-state index contributed by atoms with van der Waals surface area (Å²) in [6.45, 7) is 2.62. The summed E-state index contributed by atoms with van der Waals surface area (Å²) in [6, 6.07) is 12.5. The number of benzene rings is 1. The topological polar surface area (TPSA) is 85.6 Å². The molecule has 0 bridgehead atoms. The number of carbonyl (C=O) groups excluding carboxylic acids is 1. The van der Waals surface area contributed by atoms with Crippen LogP contribution in [0.4, 0.5) is 5.82 Å². The van der Waals surface area contributed by atoms with Gasteiger partial charge in [-0.3, -0.25) is 4.79 Å². The molecule has 0 fully saturated rings. The van der Waals surface area contributed by atoms with Crippen molar-refractivity contribution in [2.45, 2.75) is 13.5 Å². The zero-order chi connectivity index (χ0) is 15.4. The van der Waals surface area contributed by atoms with Gasteiger partial charge in [-0.15, -0.1) is 5.10 Å². The summed E-state index contributed by atoms with van der Waals surface area (Å²) in [7, 11) is 0. The lowest BCUT2D eigenvalue weighted by Gasteiger charge is -2.06. The second kappa shape index (κ2) is 6.13. The normalized spacial score (nSPS) is 10.4. The molecular weight excluding hydrogens is 280 g/mol. The number of rotatable bonds is 4. The third kappa shape index (κ3) is 2.83. The van der Waals surface area contributed by atoms with Gasteiger partial charge in [-0.25, -0.2) is 9.67 Å². The van der Waals surface area contributed by atoms with E-state index < -0.39 is 0 Å². The van der Waals surface area contributed by atoms with Crippen LogP contribution in [0.2, 0.25) is 0 Å². The van der Waals surface area contributed by atoms with Gasteiger partial charge in [0, 0.05) is 23.9 Å². The molecule has 7 nitrogen and oxygen atoms in total. The molecule has 2 heterocycles. The summed E-state index contributed by atoms with van der Waals surface area (Å²) >= 11 is 0. The van der Waals surface area contributed by atoms with Crippen molar-refractivity contribution in [3.8, 4) is 11.4 Å². The summed E-state index contributed by atoms with van der Waals surface area (Å²) in [5.41, 5.74) is 1.31. The van der Waals surface area contributed by atoms with Gasteiger partial charge in [0.15, 0.2) is 5.82 Å². The van der Waals surface area contributed by atoms with Gasteiger partial charge in [0.1, 0.15) is 5.82 Å². The van der Waals surface area contributed by atoms with Crippen LogP contribution in [-0.4, -0.2) is 31.1 Å². The van der Waals surface area contributed by atoms with Gasteiger partial charge in [-0.1, -0.05) is 18.2 Å². The molecule has 2 aromatic heterocycles.